The first kappa shape index (κ1) is 61.9. The van der Waals surface area contributed by atoms with Crippen molar-refractivity contribution in [1.82, 2.24) is 73.8 Å². The number of rotatable bonds is 7. The Balaban J connectivity index is 0.000000126. The molecule has 0 aromatic carbocycles. The third-order valence-electron chi connectivity index (χ3n) is 17.7. The predicted octanol–water partition coefficient (Wildman–Crippen LogP) is 10.6. The topological polar surface area (TPSA) is 146 Å². The molecule has 9 aromatic rings. The molecule has 0 spiro atoms. The SMILES string of the molecule is C1CCNCC1.CN1CCN(c2cccc3nc(C4CCCC(c5ncccc5Cl)N4)cn23)CC1.CN1CCN(c2cccc3nccn23)CC1.Cc1cccnc1C1CCCC(c2cn3c(N4CCN(C)CC4)cccc3n2)N1.Clc1cccnc1. The zero-order valence-electron chi connectivity index (χ0n) is 51.3. The molecule has 6 aliphatic heterocycles. The first-order valence-electron chi connectivity index (χ1n) is 31.6. The lowest BCUT2D eigenvalue weighted by Crippen LogP contribution is -2.45. The van der Waals surface area contributed by atoms with E-state index < -0.39 is 0 Å². The van der Waals surface area contributed by atoms with Gasteiger partial charge in [-0.15, -0.1) is 0 Å². The Bertz CT molecular complexity index is 3370. The zero-order chi connectivity index (χ0) is 59.9. The molecule has 0 amide bonds. The van der Waals surface area contributed by atoms with Crippen molar-refractivity contribution >= 4 is 57.6 Å². The van der Waals surface area contributed by atoms with E-state index in [2.05, 4.69) is 174 Å². The minimum Gasteiger partial charge on any atom is -0.355 e. The molecular weight excluding hydrogens is 1130 g/mol. The number of hydrogen-bond acceptors (Lipinski definition) is 15. The van der Waals surface area contributed by atoms with Crippen molar-refractivity contribution in [3.8, 4) is 0 Å². The van der Waals surface area contributed by atoms with Gasteiger partial charge in [-0.25, -0.2) is 15.0 Å². The van der Waals surface area contributed by atoms with Crippen LogP contribution in [0, 0.1) is 6.92 Å². The van der Waals surface area contributed by atoms with Gasteiger partial charge in [0.2, 0.25) is 0 Å². The van der Waals surface area contributed by atoms with E-state index in [4.69, 9.17) is 33.2 Å². The van der Waals surface area contributed by atoms with Gasteiger partial charge in [-0.05, 0) is 165 Å². The summed E-state index contributed by atoms with van der Waals surface area (Å²) in [7, 11) is 6.56. The van der Waals surface area contributed by atoms with Gasteiger partial charge in [0.1, 0.15) is 34.4 Å². The number of piperazine rings is 3. The molecule has 3 N–H and O–H groups in total. The number of likely N-dealkylation sites (N-methyl/N-ethyl adjacent to an activating group) is 3. The maximum absolute atomic E-state index is 6.40. The quantitative estimate of drug-likeness (QED) is 0.139. The normalized spacial score (nSPS) is 21.4. The van der Waals surface area contributed by atoms with Gasteiger partial charge in [0.25, 0.3) is 0 Å². The Kier molecular flexibility index (Phi) is 21.7. The number of halogens is 2. The van der Waals surface area contributed by atoms with E-state index in [1.807, 2.05) is 49.1 Å². The van der Waals surface area contributed by atoms with Crippen LogP contribution in [0.25, 0.3) is 16.9 Å². The molecular formula is C67H88Cl2N18. The Morgan fingerprint density at radius 2 is 0.908 bits per heavy atom. The third kappa shape index (κ3) is 16.1. The summed E-state index contributed by atoms with van der Waals surface area (Å²) >= 11 is 11.9. The van der Waals surface area contributed by atoms with E-state index in [-0.39, 0.29) is 18.1 Å². The van der Waals surface area contributed by atoms with Crippen molar-refractivity contribution in [3.05, 3.63) is 179 Å². The van der Waals surface area contributed by atoms with E-state index in [9.17, 15) is 0 Å². The fourth-order valence-electron chi connectivity index (χ4n) is 12.6. The van der Waals surface area contributed by atoms with Gasteiger partial charge in [-0.2, -0.15) is 0 Å². The summed E-state index contributed by atoms with van der Waals surface area (Å²) in [6.45, 7) is 17.7. The highest BCUT2D eigenvalue weighted by Gasteiger charge is 2.30. The highest BCUT2D eigenvalue weighted by molar-refractivity contribution is 6.31. The molecule has 0 radical (unpaired) electrons. The highest BCUT2D eigenvalue weighted by Crippen LogP contribution is 2.36. The lowest BCUT2D eigenvalue weighted by Gasteiger charge is -2.34. The molecule has 20 heteroatoms. The summed E-state index contributed by atoms with van der Waals surface area (Å²) in [4.78, 5) is 41.7. The number of aromatic nitrogens is 9. The zero-order valence-corrected chi connectivity index (χ0v) is 52.8. The largest absolute Gasteiger partial charge is 0.355 e. The lowest BCUT2D eigenvalue weighted by atomic mass is 9.93. The smallest absolute Gasteiger partial charge is 0.138 e. The van der Waals surface area contributed by atoms with Crippen molar-refractivity contribution in [2.24, 2.45) is 0 Å². The van der Waals surface area contributed by atoms with Gasteiger partial charge in [-0.3, -0.25) is 28.2 Å². The highest BCUT2D eigenvalue weighted by atomic mass is 35.5. The van der Waals surface area contributed by atoms with Crippen LogP contribution in [-0.2, 0) is 0 Å². The second-order valence-electron chi connectivity index (χ2n) is 23.9. The van der Waals surface area contributed by atoms with E-state index in [1.54, 1.807) is 24.5 Å². The molecule has 15 heterocycles. The van der Waals surface area contributed by atoms with Gasteiger partial charge in [-0.1, -0.05) is 53.9 Å². The molecule has 6 fully saturated rings. The maximum Gasteiger partial charge on any atom is 0.138 e. The molecule has 0 saturated carbocycles. The van der Waals surface area contributed by atoms with Crippen LogP contribution in [-0.4, -0.2) is 171 Å². The molecule has 15 rings (SSSR count). The Morgan fingerprint density at radius 1 is 0.437 bits per heavy atom. The van der Waals surface area contributed by atoms with Crippen LogP contribution in [0.3, 0.4) is 0 Å². The van der Waals surface area contributed by atoms with Crippen molar-refractivity contribution in [2.75, 3.05) is 127 Å². The summed E-state index contributed by atoms with van der Waals surface area (Å²) in [5.41, 5.74) is 8.70. The van der Waals surface area contributed by atoms with Crippen molar-refractivity contribution in [2.45, 2.75) is 88.9 Å². The Labute approximate surface area is 524 Å². The molecule has 87 heavy (non-hydrogen) atoms. The van der Waals surface area contributed by atoms with Crippen LogP contribution in [0.2, 0.25) is 10.0 Å². The van der Waals surface area contributed by atoms with Crippen molar-refractivity contribution in [3.63, 3.8) is 0 Å². The minimum atomic E-state index is 0.171. The van der Waals surface area contributed by atoms with Crippen molar-refractivity contribution < 1.29 is 0 Å². The standard InChI is InChI=1S/C23H30N6.C22H27ClN6.C12H16N4.C5H4ClN.C5H11N/c1-17-6-5-11-24-23(17)19-8-3-7-18(25-19)20-16-29-21(26-20)9-4-10-22(29)28-14-12-27(2)13-15-28;1-27-11-13-28(14-12-27)21-9-3-8-20-26-19(15-29(20)21)17-6-2-7-18(25-17)22-16(23)5-4-10-24-22;1-14-7-9-15(10-8-14)12-4-2-3-11-13-5-6-16(11)12;6-5-2-1-3-7-4-5;1-2-4-6-5-3-1/h4-6,9-11,16,18-19,25H,3,7-8,12-15H2,1-2H3;3-5,8-10,15,17-18,25H,2,6-7,11-14H2,1H3;2-6H,7-10H2,1H3;1-4H;6H,1-5H2. The summed E-state index contributed by atoms with van der Waals surface area (Å²) < 4.78 is 6.68. The molecule has 9 aromatic heterocycles. The predicted molar refractivity (Wildman–Crippen MR) is 354 cm³/mol. The van der Waals surface area contributed by atoms with Crippen LogP contribution >= 0.6 is 23.2 Å². The number of nitrogens with zero attached hydrogens (tertiary/aromatic N) is 15. The number of nitrogens with one attached hydrogen (secondary N) is 3. The summed E-state index contributed by atoms with van der Waals surface area (Å²) in [6.07, 6.45) is 26.3. The van der Waals surface area contributed by atoms with Gasteiger partial charge < -0.3 is 45.3 Å². The first-order chi connectivity index (χ1) is 42.6. The van der Waals surface area contributed by atoms with Crippen molar-refractivity contribution in [1.29, 1.82) is 0 Å². The minimum absolute atomic E-state index is 0.171. The molecule has 6 aliphatic rings. The van der Waals surface area contributed by atoms with Crippen LogP contribution in [0.1, 0.15) is 110 Å². The Morgan fingerprint density at radius 3 is 1.36 bits per heavy atom. The number of aryl methyl sites for hydroxylation is 1. The van der Waals surface area contributed by atoms with Gasteiger partial charge >= 0.3 is 0 Å². The average Bonchev–Trinajstić information content (AvgIpc) is 2.27. The molecule has 18 nitrogen and oxygen atoms in total. The van der Waals surface area contributed by atoms with E-state index >= 15 is 0 Å². The molecule has 0 aliphatic carbocycles. The molecule has 460 valence electrons. The number of pyridine rings is 6. The van der Waals surface area contributed by atoms with Crippen LogP contribution < -0.4 is 30.7 Å². The fraction of sp³-hybridized carbons (Fsp3) is 0.463. The number of anilines is 3. The van der Waals surface area contributed by atoms with Crippen LogP contribution in [0.15, 0.2) is 141 Å². The second kappa shape index (κ2) is 30.5. The fourth-order valence-corrected chi connectivity index (χ4v) is 13.0. The van der Waals surface area contributed by atoms with Crippen LogP contribution in [0.4, 0.5) is 17.5 Å². The average molecular weight is 1220 g/mol. The monoisotopic (exact) mass is 1210 g/mol. The van der Waals surface area contributed by atoms with E-state index in [1.165, 1.54) is 67.5 Å². The van der Waals surface area contributed by atoms with Gasteiger partial charge in [0, 0.05) is 128 Å². The molecule has 4 unspecified atom stereocenters. The Hall–Kier alpha value is -6.74. The van der Waals surface area contributed by atoms with Crippen LogP contribution in [0.5, 0.6) is 0 Å². The van der Waals surface area contributed by atoms with E-state index in [0.29, 0.717) is 11.1 Å². The van der Waals surface area contributed by atoms with Gasteiger partial charge in [0.05, 0.1) is 57.0 Å². The third-order valence-corrected chi connectivity index (χ3v) is 18.2. The number of piperidine rings is 3. The molecule has 4 atom stereocenters. The summed E-state index contributed by atoms with van der Waals surface area (Å²) in [6, 6.07) is 31.7. The number of fused-ring (bicyclic) bond motifs is 3. The summed E-state index contributed by atoms with van der Waals surface area (Å²) in [5.74, 6) is 3.74. The van der Waals surface area contributed by atoms with E-state index in [0.717, 1.165) is 150 Å². The van der Waals surface area contributed by atoms with Gasteiger partial charge in [0.15, 0.2) is 0 Å². The second-order valence-corrected chi connectivity index (χ2v) is 24.8. The number of imidazole rings is 3. The summed E-state index contributed by atoms with van der Waals surface area (Å²) in [5, 5.41) is 12.3. The first-order valence-corrected chi connectivity index (χ1v) is 32.4. The maximum atomic E-state index is 6.40. The lowest BCUT2D eigenvalue weighted by molar-refractivity contribution is 0.311. The number of hydrogen-bond donors (Lipinski definition) is 3. The molecule has 0 bridgehead atoms. The molecule has 6 saturated heterocycles.